The standard InChI is InChI=1S/C15H11NO/c1-11(15-4-2-3-7-16-15)12-5-6-13-9-17-10-14(13)8-12/h2-10H,1H2. The Morgan fingerprint density at radius 3 is 2.76 bits per heavy atom. The van der Waals surface area contributed by atoms with Crippen LogP contribution in [0, 0.1) is 0 Å². The largest absolute Gasteiger partial charge is 0.471 e. The van der Waals surface area contributed by atoms with E-state index in [9.17, 15) is 0 Å². The summed E-state index contributed by atoms with van der Waals surface area (Å²) in [7, 11) is 0. The Morgan fingerprint density at radius 1 is 1.06 bits per heavy atom. The summed E-state index contributed by atoms with van der Waals surface area (Å²) in [5.74, 6) is 0. The predicted molar refractivity (Wildman–Crippen MR) is 68.6 cm³/mol. The maximum atomic E-state index is 5.16. The molecule has 0 unspecified atom stereocenters. The molecule has 2 aromatic heterocycles. The Labute approximate surface area is 99.2 Å². The summed E-state index contributed by atoms with van der Waals surface area (Å²) in [6.45, 7) is 4.09. The molecule has 0 radical (unpaired) electrons. The quantitative estimate of drug-likeness (QED) is 0.656. The van der Waals surface area contributed by atoms with Crippen LogP contribution in [-0.4, -0.2) is 4.98 Å². The van der Waals surface area contributed by atoms with E-state index < -0.39 is 0 Å². The van der Waals surface area contributed by atoms with Crippen LogP contribution < -0.4 is 0 Å². The Hall–Kier alpha value is -2.35. The number of hydrogen-bond acceptors (Lipinski definition) is 2. The summed E-state index contributed by atoms with van der Waals surface area (Å²) >= 11 is 0. The molecule has 0 fully saturated rings. The summed E-state index contributed by atoms with van der Waals surface area (Å²) in [5.41, 5.74) is 2.89. The van der Waals surface area contributed by atoms with Gasteiger partial charge in [0.1, 0.15) is 0 Å². The number of aromatic nitrogens is 1. The van der Waals surface area contributed by atoms with Crippen molar-refractivity contribution in [3.05, 3.63) is 73.0 Å². The number of pyridine rings is 1. The lowest BCUT2D eigenvalue weighted by molar-refractivity contribution is 0.572. The molecule has 2 nitrogen and oxygen atoms in total. The molecule has 0 aliphatic heterocycles. The van der Waals surface area contributed by atoms with Gasteiger partial charge < -0.3 is 4.42 Å². The third kappa shape index (κ3) is 1.74. The number of rotatable bonds is 2. The van der Waals surface area contributed by atoms with Crippen molar-refractivity contribution in [1.82, 2.24) is 4.98 Å². The summed E-state index contributed by atoms with van der Waals surface area (Å²) in [6.07, 6.45) is 5.25. The van der Waals surface area contributed by atoms with Crippen LogP contribution in [0.15, 0.2) is 66.1 Å². The van der Waals surface area contributed by atoms with Crippen molar-refractivity contribution in [2.75, 3.05) is 0 Å². The van der Waals surface area contributed by atoms with Gasteiger partial charge in [-0.2, -0.15) is 0 Å². The van der Waals surface area contributed by atoms with Gasteiger partial charge in [-0.25, -0.2) is 0 Å². The first kappa shape index (κ1) is 9.85. The van der Waals surface area contributed by atoms with E-state index in [2.05, 4.69) is 17.6 Å². The lowest BCUT2D eigenvalue weighted by Crippen LogP contribution is -1.88. The zero-order valence-electron chi connectivity index (χ0n) is 9.26. The van der Waals surface area contributed by atoms with Crippen molar-refractivity contribution in [2.24, 2.45) is 0 Å². The van der Waals surface area contributed by atoms with Crippen molar-refractivity contribution in [2.45, 2.75) is 0 Å². The Bertz CT molecular complexity index is 667. The number of furan rings is 1. The van der Waals surface area contributed by atoms with Crippen molar-refractivity contribution in [3.8, 4) is 0 Å². The third-order valence-corrected chi connectivity index (χ3v) is 2.80. The van der Waals surface area contributed by atoms with Gasteiger partial charge in [-0.05, 0) is 23.8 Å². The van der Waals surface area contributed by atoms with Crippen molar-refractivity contribution in [1.29, 1.82) is 0 Å². The number of fused-ring (bicyclic) bond motifs is 1. The molecule has 0 spiro atoms. The average Bonchev–Trinajstić information content (AvgIpc) is 2.86. The minimum Gasteiger partial charge on any atom is -0.471 e. The van der Waals surface area contributed by atoms with Crippen molar-refractivity contribution >= 4 is 16.3 Å². The van der Waals surface area contributed by atoms with E-state index in [1.807, 2.05) is 30.3 Å². The first-order valence-electron chi connectivity index (χ1n) is 5.41. The van der Waals surface area contributed by atoms with Crippen LogP contribution in [0.4, 0.5) is 0 Å². The highest BCUT2D eigenvalue weighted by atomic mass is 16.3. The third-order valence-electron chi connectivity index (χ3n) is 2.80. The number of benzene rings is 1. The maximum absolute atomic E-state index is 5.16. The van der Waals surface area contributed by atoms with Crippen LogP contribution >= 0.6 is 0 Å². The summed E-state index contributed by atoms with van der Waals surface area (Å²) in [4.78, 5) is 4.30. The van der Waals surface area contributed by atoms with Gasteiger partial charge >= 0.3 is 0 Å². The van der Waals surface area contributed by atoms with Gasteiger partial charge in [0, 0.05) is 22.5 Å². The number of hydrogen-bond donors (Lipinski definition) is 0. The van der Waals surface area contributed by atoms with E-state index >= 15 is 0 Å². The zero-order valence-corrected chi connectivity index (χ0v) is 9.26. The molecule has 1 aromatic carbocycles. The Kier molecular flexibility index (Phi) is 2.26. The summed E-state index contributed by atoms with van der Waals surface area (Å²) < 4.78 is 5.16. The molecule has 17 heavy (non-hydrogen) atoms. The molecular weight excluding hydrogens is 210 g/mol. The van der Waals surface area contributed by atoms with Crippen molar-refractivity contribution in [3.63, 3.8) is 0 Å². The van der Waals surface area contributed by atoms with E-state index in [0.29, 0.717) is 0 Å². The van der Waals surface area contributed by atoms with E-state index in [4.69, 9.17) is 4.42 Å². The van der Waals surface area contributed by atoms with Gasteiger partial charge in [-0.1, -0.05) is 24.8 Å². The summed E-state index contributed by atoms with van der Waals surface area (Å²) in [6, 6.07) is 12.0. The first-order chi connectivity index (χ1) is 8.34. The molecule has 0 N–H and O–H groups in total. The number of nitrogens with zero attached hydrogens (tertiary/aromatic N) is 1. The van der Waals surface area contributed by atoms with Crippen LogP contribution in [0.1, 0.15) is 11.3 Å². The molecule has 0 aliphatic rings. The molecule has 82 valence electrons. The van der Waals surface area contributed by atoms with Gasteiger partial charge in [0.15, 0.2) is 0 Å². The van der Waals surface area contributed by atoms with Crippen molar-refractivity contribution < 1.29 is 4.42 Å². The van der Waals surface area contributed by atoms with Gasteiger partial charge in [0.05, 0.1) is 18.2 Å². The second kappa shape index (κ2) is 3.91. The topological polar surface area (TPSA) is 26.0 Å². The Morgan fingerprint density at radius 2 is 1.94 bits per heavy atom. The molecule has 0 aliphatic carbocycles. The smallest absolute Gasteiger partial charge is 0.0981 e. The van der Waals surface area contributed by atoms with E-state index in [1.54, 1.807) is 18.7 Å². The van der Waals surface area contributed by atoms with Gasteiger partial charge in [0.25, 0.3) is 0 Å². The fraction of sp³-hybridized carbons (Fsp3) is 0. The molecule has 0 atom stereocenters. The average molecular weight is 221 g/mol. The second-order valence-corrected chi connectivity index (χ2v) is 3.91. The highest BCUT2D eigenvalue weighted by Crippen LogP contribution is 2.24. The van der Waals surface area contributed by atoms with E-state index in [-0.39, 0.29) is 0 Å². The molecule has 2 heteroatoms. The summed E-state index contributed by atoms with van der Waals surface area (Å²) in [5, 5.41) is 2.18. The van der Waals surface area contributed by atoms with Gasteiger partial charge in [0.2, 0.25) is 0 Å². The SMILES string of the molecule is C=C(c1ccc2cocc2c1)c1ccccn1. The minimum atomic E-state index is 0.898. The van der Waals surface area contributed by atoms with Crippen LogP contribution in [0.3, 0.4) is 0 Å². The second-order valence-electron chi connectivity index (χ2n) is 3.91. The molecule has 0 bridgehead atoms. The lowest BCUT2D eigenvalue weighted by Gasteiger charge is -2.04. The van der Waals surface area contributed by atoms with Crippen LogP contribution in [0.2, 0.25) is 0 Å². The Balaban J connectivity index is 2.06. The van der Waals surface area contributed by atoms with E-state index in [1.165, 1.54) is 0 Å². The molecule has 3 aromatic rings. The fourth-order valence-corrected chi connectivity index (χ4v) is 1.84. The van der Waals surface area contributed by atoms with Crippen LogP contribution in [0.5, 0.6) is 0 Å². The molecule has 2 heterocycles. The predicted octanol–water partition coefficient (Wildman–Crippen LogP) is 3.89. The van der Waals surface area contributed by atoms with Gasteiger partial charge in [-0.15, -0.1) is 0 Å². The van der Waals surface area contributed by atoms with Crippen LogP contribution in [0.25, 0.3) is 16.3 Å². The molecule has 0 saturated carbocycles. The highest BCUT2D eigenvalue weighted by molar-refractivity contribution is 5.87. The zero-order chi connectivity index (χ0) is 11.7. The minimum absolute atomic E-state index is 0.898. The fourth-order valence-electron chi connectivity index (χ4n) is 1.84. The monoisotopic (exact) mass is 221 g/mol. The lowest BCUT2D eigenvalue weighted by atomic mass is 10.0. The van der Waals surface area contributed by atoms with Gasteiger partial charge in [-0.3, -0.25) is 4.98 Å². The first-order valence-corrected chi connectivity index (χ1v) is 5.41. The highest BCUT2D eigenvalue weighted by Gasteiger charge is 2.04. The molecule has 0 amide bonds. The molecule has 0 saturated heterocycles. The molecular formula is C15H11NO. The maximum Gasteiger partial charge on any atom is 0.0981 e. The normalized spacial score (nSPS) is 10.6. The van der Waals surface area contributed by atoms with E-state index in [0.717, 1.165) is 27.6 Å². The van der Waals surface area contributed by atoms with Crippen LogP contribution in [-0.2, 0) is 0 Å². The molecule has 3 rings (SSSR count).